The Kier molecular flexibility index (Phi) is 3.96. The fraction of sp³-hybridized carbons (Fsp3) is 0.429. The van der Waals surface area contributed by atoms with Gasteiger partial charge in [-0.3, -0.25) is 5.32 Å². The minimum atomic E-state index is -1.19. The summed E-state index contributed by atoms with van der Waals surface area (Å²) in [6, 6.07) is 4.37. The van der Waals surface area contributed by atoms with Gasteiger partial charge in [0.1, 0.15) is 11.4 Å². The lowest BCUT2D eigenvalue weighted by molar-refractivity contribution is 0.00293. The third-order valence-corrected chi connectivity index (χ3v) is 5.04. The predicted molar refractivity (Wildman–Crippen MR) is 82.5 cm³/mol. The van der Waals surface area contributed by atoms with Crippen molar-refractivity contribution in [1.29, 1.82) is 0 Å². The highest BCUT2D eigenvalue weighted by molar-refractivity contribution is 8.13. The van der Waals surface area contributed by atoms with Gasteiger partial charge < -0.3 is 15.6 Å². The van der Waals surface area contributed by atoms with Gasteiger partial charge in [-0.1, -0.05) is 11.8 Å². The number of carbonyl (C=O) groups is 1. The SMILES string of the molecule is Nc1ccc(F)c(C23COCC[C@@H]2CSC(NC(=O)O)=N3)c1. The number of nitrogens with one attached hydrogen (secondary N) is 1. The number of amides is 1. The lowest BCUT2D eigenvalue weighted by atomic mass is 9.76. The zero-order valence-corrected chi connectivity index (χ0v) is 12.5. The van der Waals surface area contributed by atoms with Crippen LogP contribution in [0.15, 0.2) is 23.2 Å². The van der Waals surface area contributed by atoms with Gasteiger partial charge in [-0.25, -0.2) is 14.2 Å². The van der Waals surface area contributed by atoms with E-state index in [1.165, 1.54) is 23.9 Å². The number of fused-ring (bicyclic) bond motifs is 1. The third kappa shape index (κ3) is 2.64. The van der Waals surface area contributed by atoms with Crippen LogP contribution in [-0.2, 0) is 10.3 Å². The van der Waals surface area contributed by atoms with Crippen molar-refractivity contribution in [2.45, 2.75) is 12.0 Å². The van der Waals surface area contributed by atoms with Gasteiger partial charge in [0, 0.05) is 29.5 Å². The number of nitrogen functional groups attached to an aromatic ring is 1. The molecule has 0 spiro atoms. The third-order valence-electron chi connectivity index (χ3n) is 4.00. The average molecular weight is 325 g/mol. The Balaban J connectivity index is 2.10. The highest BCUT2D eigenvalue weighted by Crippen LogP contribution is 2.45. The number of carboxylic acid groups (broad SMARTS) is 1. The Morgan fingerprint density at radius 2 is 2.41 bits per heavy atom. The maximum atomic E-state index is 14.4. The van der Waals surface area contributed by atoms with Crippen molar-refractivity contribution in [3.05, 3.63) is 29.6 Å². The zero-order chi connectivity index (χ0) is 15.7. The molecule has 3 rings (SSSR count). The molecule has 1 fully saturated rings. The molecule has 0 radical (unpaired) electrons. The van der Waals surface area contributed by atoms with Crippen LogP contribution < -0.4 is 11.1 Å². The maximum absolute atomic E-state index is 14.4. The van der Waals surface area contributed by atoms with Crippen molar-refractivity contribution >= 4 is 28.7 Å². The Morgan fingerprint density at radius 3 is 3.18 bits per heavy atom. The van der Waals surface area contributed by atoms with Crippen LogP contribution in [0.25, 0.3) is 0 Å². The molecule has 22 heavy (non-hydrogen) atoms. The number of nitrogens with two attached hydrogens (primary N) is 1. The molecule has 1 amide bonds. The molecule has 4 N–H and O–H groups in total. The Labute approximate surface area is 130 Å². The monoisotopic (exact) mass is 325 g/mol. The van der Waals surface area contributed by atoms with Gasteiger partial charge in [-0.2, -0.15) is 0 Å². The van der Waals surface area contributed by atoms with Gasteiger partial charge in [0.2, 0.25) is 0 Å². The number of anilines is 1. The molecule has 1 aromatic carbocycles. The van der Waals surface area contributed by atoms with Crippen LogP contribution >= 0.6 is 11.8 Å². The van der Waals surface area contributed by atoms with Crippen molar-refractivity contribution in [2.24, 2.45) is 10.9 Å². The molecule has 0 aliphatic carbocycles. The summed E-state index contributed by atoms with van der Waals surface area (Å²) in [5.41, 5.74) is 5.67. The second-order valence-corrected chi connectivity index (χ2v) is 6.37. The summed E-state index contributed by atoms with van der Waals surface area (Å²) in [5, 5.41) is 11.4. The molecule has 1 unspecified atom stereocenters. The number of hydrogen-bond donors (Lipinski definition) is 3. The van der Waals surface area contributed by atoms with E-state index in [0.29, 0.717) is 23.6 Å². The second-order valence-electron chi connectivity index (χ2n) is 5.36. The predicted octanol–water partition coefficient (Wildman–Crippen LogP) is 2.01. The number of nitrogens with zero attached hydrogens (tertiary/aromatic N) is 1. The summed E-state index contributed by atoms with van der Waals surface area (Å²) in [6.07, 6.45) is -0.449. The van der Waals surface area contributed by atoms with Gasteiger partial charge in [0.15, 0.2) is 5.17 Å². The fourth-order valence-electron chi connectivity index (χ4n) is 2.94. The number of amidine groups is 1. The van der Waals surface area contributed by atoms with Crippen molar-refractivity contribution in [1.82, 2.24) is 5.32 Å². The van der Waals surface area contributed by atoms with Gasteiger partial charge >= 0.3 is 6.09 Å². The topological polar surface area (TPSA) is 96.9 Å². The van der Waals surface area contributed by atoms with Crippen molar-refractivity contribution in [3.63, 3.8) is 0 Å². The number of halogens is 1. The van der Waals surface area contributed by atoms with Crippen LogP contribution in [0.2, 0.25) is 0 Å². The number of ether oxygens (including phenoxy) is 1. The quantitative estimate of drug-likeness (QED) is 0.686. The van der Waals surface area contributed by atoms with E-state index in [1.54, 1.807) is 6.07 Å². The van der Waals surface area contributed by atoms with Crippen LogP contribution in [0.3, 0.4) is 0 Å². The number of aliphatic imine (C=N–C) groups is 1. The summed E-state index contributed by atoms with van der Waals surface area (Å²) < 4.78 is 19.9. The molecule has 118 valence electrons. The van der Waals surface area contributed by atoms with Crippen molar-refractivity contribution < 1.29 is 19.0 Å². The van der Waals surface area contributed by atoms with E-state index in [2.05, 4.69) is 10.3 Å². The van der Waals surface area contributed by atoms with E-state index < -0.39 is 17.4 Å². The van der Waals surface area contributed by atoms with Crippen LogP contribution in [0.5, 0.6) is 0 Å². The normalized spacial score (nSPS) is 27.7. The number of hydrogen-bond acceptors (Lipinski definition) is 5. The number of rotatable bonds is 1. The number of benzene rings is 1. The minimum absolute atomic E-state index is 0.0712. The standard InChI is InChI=1S/C14H16FN3O3S/c15-11-2-1-9(16)5-10(11)14-7-21-4-3-8(14)6-22-12(18-14)17-13(19)20/h1-2,5,8H,3-4,6-7,16H2,(H,17,18)(H,19,20)/t8-,14?/m1/s1. The van der Waals surface area contributed by atoms with Gasteiger partial charge in [0.05, 0.1) is 6.61 Å². The largest absolute Gasteiger partial charge is 0.465 e. The molecule has 2 aliphatic rings. The molecule has 2 atom stereocenters. The lowest BCUT2D eigenvalue weighted by Gasteiger charge is -2.44. The van der Waals surface area contributed by atoms with E-state index >= 15 is 0 Å². The summed E-state index contributed by atoms with van der Waals surface area (Å²) in [7, 11) is 0. The van der Waals surface area contributed by atoms with Gasteiger partial charge in [0.25, 0.3) is 0 Å². The van der Waals surface area contributed by atoms with E-state index in [4.69, 9.17) is 15.6 Å². The highest BCUT2D eigenvalue weighted by Gasteiger charge is 2.47. The van der Waals surface area contributed by atoms with E-state index in [1.807, 2.05) is 0 Å². The Morgan fingerprint density at radius 1 is 1.59 bits per heavy atom. The molecule has 0 aromatic heterocycles. The fourth-order valence-corrected chi connectivity index (χ4v) is 4.12. The van der Waals surface area contributed by atoms with Crippen molar-refractivity contribution in [2.75, 3.05) is 24.7 Å². The lowest BCUT2D eigenvalue weighted by Crippen LogP contribution is -2.49. The van der Waals surface area contributed by atoms with E-state index in [-0.39, 0.29) is 17.7 Å². The first-order valence-corrected chi connectivity index (χ1v) is 7.86. The molecule has 0 saturated carbocycles. The van der Waals surface area contributed by atoms with E-state index in [0.717, 1.165) is 6.42 Å². The van der Waals surface area contributed by atoms with Crippen LogP contribution in [0.1, 0.15) is 12.0 Å². The first-order valence-electron chi connectivity index (χ1n) is 6.87. The summed E-state index contributed by atoms with van der Waals surface area (Å²) in [6.45, 7) is 0.803. The molecule has 6 nitrogen and oxygen atoms in total. The van der Waals surface area contributed by atoms with Gasteiger partial charge in [-0.05, 0) is 24.6 Å². The number of thioether (sulfide) groups is 1. The Hall–Kier alpha value is -1.80. The molecular formula is C14H16FN3O3S. The van der Waals surface area contributed by atoms with Gasteiger partial charge in [-0.15, -0.1) is 0 Å². The summed E-state index contributed by atoms with van der Waals surface area (Å²) in [4.78, 5) is 15.4. The Bertz CT molecular complexity index is 640. The second kappa shape index (κ2) is 5.77. The van der Waals surface area contributed by atoms with Crippen LogP contribution in [0, 0.1) is 11.7 Å². The minimum Gasteiger partial charge on any atom is -0.465 e. The van der Waals surface area contributed by atoms with Crippen LogP contribution in [0.4, 0.5) is 14.9 Å². The summed E-state index contributed by atoms with van der Waals surface area (Å²) in [5.74, 6) is 0.313. The first kappa shape index (κ1) is 15.1. The summed E-state index contributed by atoms with van der Waals surface area (Å²) >= 11 is 1.33. The average Bonchev–Trinajstić information content (AvgIpc) is 2.48. The molecule has 8 heteroatoms. The van der Waals surface area contributed by atoms with Crippen LogP contribution in [-0.4, -0.2) is 35.3 Å². The smallest absolute Gasteiger partial charge is 0.410 e. The molecule has 2 aliphatic heterocycles. The molecule has 1 aromatic rings. The maximum Gasteiger partial charge on any atom is 0.410 e. The molecular weight excluding hydrogens is 309 g/mol. The molecule has 1 saturated heterocycles. The first-order chi connectivity index (χ1) is 10.5. The molecule has 0 bridgehead atoms. The highest BCUT2D eigenvalue weighted by atomic mass is 32.2. The van der Waals surface area contributed by atoms with Crippen molar-refractivity contribution in [3.8, 4) is 0 Å². The zero-order valence-electron chi connectivity index (χ0n) is 11.7. The molecule has 2 heterocycles. The van der Waals surface area contributed by atoms with E-state index in [9.17, 15) is 9.18 Å².